The van der Waals surface area contributed by atoms with Gasteiger partial charge < -0.3 is 0 Å². The lowest BCUT2D eigenvalue weighted by Gasteiger charge is -2.01. The highest BCUT2D eigenvalue weighted by Crippen LogP contribution is 2.10. The normalized spacial score (nSPS) is 10.1. The molecule has 0 fully saturated rings. The van der Waals surface area contributed by atoms with Crippen molar-refractivity contribution < 1.29 is 4.79 Å². The zero-order chi connectivity index (χ0) is 11.4. The summed E-state index contributed by atoms with van der Waals surface area (Å²) in [4.78, 5) is 16.1. The van der Waals surface area contributed by atoms with Gasteiger partial charge in [0.25, 0.3) is 0 Å². The largest absolute Gasteiger partial charge is 0.294 e. The van der Waals surface area contributed by atoms with Gasteiger partial charge in [0.15, 0.2) is 5.78 Å². The molecule has 0 saturated carbocycles. The van der Waals surface area contributed by atoms with Crippen molar-refractivity contribution in [2.75, 3.05) is 0 Å². The molecule has 0 spiro atoms. The summed E-state index contributed by atoms with van der Waals surface area (Å²) in [7, 11) is 0. The molecule has 0 saturated heterocycles. The zero-order valence-corrected chi connectivity index (χ0v) is 10.7. The minimum absolute atomic E-state index is 0.109. The minimum Gasteiger partial charge on any atom is -0.294 e. The van der Waals surface area contributed by atoms with Crippen molar-refractivity contribution in [1.29, 1.82) is 0 Å². The van der Waals surface area contributed by atoms with Crippen molar-refractivity contribution in [2.24, 2.45) is 0 Å². The SMILES string of the molecule is O=C(Cc1ccccn1)c1cccc(I)c1. The first-order valence-electron chi connectivity index (χ1n) is 4.94. The smallest absolute Gasteiger partial charge is 0.168 e. The Labute approximate surface area is 108 Å². The predicted octanol–water partition coefficient (Wildman–Crippen LogP) is 3.11. The first-order valence-corrected chi connectivity index (χ1v) is 6.02. The molecule has 0 atom stereocenters. The maximum Gasteiger partial charge on any atom is 0.168 e. The average Bonchev–Trinajstić information content (AvgIpc) is 2.30. The topological polar surface area (TPSA) is 30.0 Å². The third kappa shape index (κ3) is 2.88. The lowest BCUT2D eigenvalue weighted by atomic mass is 10.1. The molecule has 3 heteroatoms. The Morgan fingerprint density at radius 1 is 1.19 bits per heavy atom. The molecule has 80 valence electrons. The zero-order valence-electron chi connectivity index (χ0n) is 8.56. The van der Waals surface area contributed by atoms with Crippen LogP contribution in [0.5, 0.6) is 0 Å². The van der Waals surface area contributed by atoms with Crippen LogP contribution < -0.4 is 0 Å². The van der Waals surface area contributed by atoms with Crippen LogP contribution in [0.1, 0.15) is 16.1 Å². The Bertz CT molecular complexity index is 496. The highest BCUT2D eigenvalue weighted by Gasteiger charge is 2.07. The van der Waals surface area contributed by atoms with Gasteiger partial charge in [0.1, 0.15) is 0 Å². The van der Waals surface area contributed by atoms with Gasteiger partial charge in [-0.3, -0.25) is 9.78 Å². The van der Waals surface area contributed by atoms with E-state index in [1.807, 2.05) is 42.5 Å². The number of ketones is 1. The summed E-state index contributed by atoms with van der Waals surface area (Å²) in [5, 5.41) is 0. The number of Topliss-reactive ketones (excluding diaryl/α,β-unsaturated/α-hetero) is 1. The van der Waals surface area contributed by atoms with E-state index in [-0.39, 0.29) is 5.78 Å². The number of hydrogen-bond acceptors (Lipinski definition) is 2. The molecule has 1 aromatic heterocycles. The van der Waals surface area contributed by atoms with Crippen LogP contribution in [0.25, 0.3) is 0 Å². The number of carbonyl (C=O) groups excluding carboxylic acids is 1. The van der Waals surface area contributed by atoms with Gasteiger partial charge in [-0.25, -0.2) is 0 Å². The maximum atomic E-state index is 11.9. The molecular formula is C13H10INO. The lowest BCUT2D eigenvalue weighted by molar-refractivity contribution is 0.0992. The number of halogens is 1. The van der Waals surface area contributed by atoms with Crippen molar-refractivity contribution in [3.8, 4) is 0 Å². The lowest BCUT2D eigenvalue weighted by Crippen LogP contribution is -2.04. The highest BCUT2D eigenvalue weighted by molar-refractivity contribution is 14.1. The number of rotatable bonds is 3. The van der Waals surface area contributed by atoms with Crippen LogP contribution in [0.4, 0.5) is 0 Å². The quantitative estimate of drug-likeness (QED) is 0.642. The van der Waals surface area contributed by atoms with Crippen LogP contribution in [0.15, 0.2) is 48.7 Å². The van der Waals surface area contributed by atoms with Crippen LogP contribution in [-0.2, 0) is 6.42 Å². The van der Waals surface area contributed by atoms with Gasteiger partial charge in [0.05, 0.1) is 6.42 Å². The Hall–Kier alpha value is -1.23. The number of aromatic nitrogens is 1. The van der Waals surface area contributed by atoms with E-state index >= 15 is 0 Å². The van der Waals surface area contributed by atoms with Gasteiger partial charge in [-0.05, 0) is 46.9 Å². The number of nitrogens with zero attached hydrogens (tertiary/aromatic N) is 1. The molecule has 0 aliphatic rings. The van der Waals surface area contributed by atoms with Gasteiger partial charge in [-0.1, -0.05) is 18.2 Å². The number of carbonyl (C=O) groups is 1. The molecule has 0 amide bonds. The van der Waals surface area contributed by atoms with Crippen LogP contribution in [0, 0.1) is 3.57 Å². The summed E-state index contributed by atoms with van der Waals surface area (Å²) >= 11 is 2.20. The highest BCUT2D eigenvalue weighted by atomic mass is 127. The Morgan fingerprint density at radius 3 is 2.75 bits per heavy atom. The molecule has 1 heterocycles. The molecule has 2 nitrogen and oxygen atoms in total. The van der Waals surface area contributed by atoms with E-state index in [4.69, 9.17) is 0 Å². The van der Waals surface area contributed by atoms with E-state index in [0.29, 0.717) is 6.42 Å². The molecule has 0 unspecified atom stereocenters. The Balaban J connectivity index is 2.15. The van der Waals surface area contributed by atoms with E-state index in [1.165, 1.54) is 0 Å². The van der Waals surface area contributed by atoms with E-state index in [0.717, 1.165) is 14.8 Å². The fraction of sp³-hybridized carbons (Fsp3) is 0.0769. The summed E-state index contributed by atoms with van der Waals surface area (Å²) in [6, 6.07) is 13.2. The summed E-state index contributed by atoms with van der Waals surface area (Å²) in [5.74, 6) is 0.109. The number of hydrogen-bond donors (Lipinski definition) is 0. The monoisotopic (exact) mass is 323 g/mol. The van der Waals surface area contributed by atoms with Crippen LogP contribution in [0.3, 0.4) is 0 Å². The van der Waals surface area contributed by atoms with Gasteiger partial charge in [0, 0.05) is 21.0 Å². The third-order valence-corrected chi connectivity index (χ3v) is 2.89. The summed E-state index contributed by atoms with van der Waals surface area (Å²) in [6.45, 7) is 0. The predicted molar refractivity (Wildman–Crippen MR) is 71.4 cm³/mol. The fourth-order valence-corrected chi connectivity index (χ4v) is 1.97. The first kappa shape index (κ1) is 11.3. The van der Waals surface area contributed by atoms with Crippen LogP contribution in [0.2, 0.25) is 0 Å². The molecular weight excluding hydrogens is 313 g/mol. The van der Waals surface area contributed by atoms with Crippen LogP contribution >= 0.6 is 22.6 Å². The molecule has 0 N–H and O–H groups in total. The molecule has 0 radical (unpaired) electrons. The molecule has 0 aliphatic heterocycles. The Morgan fingerprint density at radius 2 is 2.06 bits per heavy atom. The standard InChI is InChI=1S/C13H10INO/c14-11-5-3-4-10(8-11)13(16)9-12-6-1-2-7-15-12/h1-8H,9H2. The summed E-state index contributed by atoms with van der Waals surface area (Å²) in [5.41, 5.74) is 1.56. The Kier molecular flexibility index (Phi) is 3.66. The first-order chi connectivity index (χ1) is 7.75. The fourth-order valence-electron chi connectivity index (χ4n) is 1.43. The van der Waals surface area contributed by atoms with E-state index < -0.39 is 0 Å². The molecule has 1 aromatic carbocycles. The number of benzene rings is 1. The second-order valence-corrected chi connectivity index (χ2v) is 4.68. The van der Waals surface area contributed by atoms with Gasteiger partial charge >= 0.3 is 0 Å². The number of pyridine rings is 1. The minimum atomic E-state index is 0.109. The van der Waals surface area contributed by atoms with E-state index in [1.54, 1.807) is 6.20 Å². The third-order valence-electron chi connectivity index (χ3n) is 2.21. The van der Waals surface area contributed by atoms with Crippen molar-refractivity contribution in [2.45, 2.75) is 6.42 Å². The second kappa shape index (κ2) is 5.21. The molecule has 2 aromatic rings. The second-order valence-electron chi connectivity index (χ2n) is 3.43. The maximum absolute atomic E-state index is 11.9. The summed E-state index contributed by atoms with van der Waals surface area (Å²) in [6.07, 6.45) is 2.07. The molecule has 0 aliphatic carbocycles. The van der Waals surface area contributed by atoms with Crippen molar-refractivity contribution in [3.05, 3.63) is 63.5 Å². The van der Waals surface area contributed by atoms with Gasteiger partial charge in [-0.15, -0.1) is 0 Å². The molecule has 0 bridgehead atoms. The van der Waals surface area contributed by atoms with Crippen molar-refractivity contribution in [3.63, 3.8) is 0 Å². The molecule has 2 rings (SSSR count). The van der Waals surface area contributed by atoms with Gasteiger partial charge in [-0.2, -0.15) is 0 Å². The van der Waals surface area contributed by atoms with Crippen molar-refractivity contribution >= 4 is 28.4 Å². The summed E-state index contributed by atoms with van der Waals surface area (Å²) < 4.78 is 1.07. The average molecular weight is 323 g/mol. The molecule has 16 heavy (non-hydrogen) atoms. The van der Waals surface area contributed by atoms with E-state index in [9.17, 15) is 4.79 Å². The van der Waals surface area contributed by atoms with Gasteiger partial charge in [0.2, 0.25) is 0 Å². The van der Waals surface area contributed by atoms with E-state index in [2.05, 4.69) is 27.6 Å². The van der Waals surface area contributed by atoms with Crippen LogP contribution in [-0.4, -0.2) is 10.8 Å². The van der Waals surface area contributed by atoms with Crippen molar-refractivity contribution in [1.82, 2.24) is 4.98 Å².